The molecule has 0 amide bonds. The predicted molar refractivity (Wildman–Crippen MR) is 106 cm³/mol. The highest BCUT2D eigenvalue weighted by Gasteiger charge is 2.48. The minimum absolute atomic E-state index is 0.202. The molecule has 1 aromatic rings. The molecule has 138 valence electrons. The summed E-state index contributed by atoms with van der Waals surface area (Å²) in [4.78, 5) is 0. The lowest BCUT2D eigenvalue weighted by atomic mass is 10.1. The lowest BCUT2D eigenvalue weighted by molar-refractivity contribution is 0.121. The third-order valence-electron chi connectivity index (χ3n) is 4.37. The van der Waals surface area contributed by atoms with Crippen molar-refractivity contribution in [2.75, 3.05) is 24.4 Å². The summed E-state index contributed by atoms with van der Waals surface area (Å²) < 4.78 is 26.4. The first-order valence-electron chi connectivity index (χ1n) is 8.86. The third-order valence-corrected chi connectivity index (χ3v) is 7.57. The summed E-state index contributed by atoms with van der Waals surface area (Å²) in [7, 11) is -1.03. The van der Waals surface area contributed by atoms with Crippen LogP contribution < -0.4 is 4.74 Å². The van der Waals surface area contributed by atoms with Crippen LogP contribution in [0, 0.1) is 12.7 Å². The van der Waals surface area contributed by atoms with Gasteiger partial charge < -0.3 is 8.92 Å². The zero-order valence-electron chi connectivity index (χ0n) is 16.1. The van der Waals surface area contributed by atoms with Crippen molar-refractivity contribution in [1.82, 2.24) is 0 Å². The number of halogens is 1. The van der Waals surface area contributed by atoms with Crippen LogP contribution in [0.1, 0.15) is 51.7 Å². The molecule has 0 heterocycles. The maximum absolute atomic E-state index is 14.2. The minimum atomic E-state index is -1.03. The van der Waals surface area contributed by atoms with E-state index in [0.29, 0.717) is 12.4 Å². The quantitative estimate of drug-likeness (QED) is 0.558. The number of aryl methyl sites for hydroxylation is 1. The Morgan fingerprint density at radius 2 is 1.83 bits per heavy atom. The molecular weight excluding hydrogens is 323 g/mol. The van der Waals surface area contributed by atoms with Gasteiger partial charge in [0.2, 0.25) is 0 Å². The second-order valence-corrected chi connectivity index (χ2v) is 9.86. The summed E-state index contributed by atoms with van der Waals surface area (Å²) in [6, 6.07) is 3.35. The van der Waals surface area contributed by atoms with Gasteiger partial charge in [0.25, 0.3) is 0 Å². The van der Waals surface area contributed by atoms with Crippen molar-refractivity contribution in [2.24, 2.45) is 0 Å². The summed E-state index contributed by atoms with van der Waals surface area (Å²) in [5, 5.41) is 0. The normalized spacial score (nSPS) is 16.0. The van der Waals surface area contributed by atoms with Gasteiger partial charge in [0.15, 0.2) is 11.6 Å². The number of hydrogen-bond donors (Lipinski definition) is 0. The summed E-state index contributed by atoms with van der Waals surface area (Å²) in [6.45, 7) is 14.3. The topological polar surface area (TPSA) is 18.5 Å². The average Bonchev–Trinajstić information content (AvgIpc) is 3.35. The van der Waals surface area contributed by atoms with Gasteiger partial charge in [0, 0.05) is 0 Å². The van der Waals surface area contributed by atoms with Gasteiger partial charge in [-0.05, 0) is 60.8 Å². The van der Waals surface area contributed by atoms with Crippen molar-refractivity contribution in [3.05, 3.63) is 35.7 Å². The van der Waals surface area contributed by atoms with Gasteiger partial charge >= 0.3 is 0 Å². The number of ether oxygens (including phenoxy) is 1. The van der Waals surface area contributed by atoms with Gasteiger partial charge in [-0.1, -0.05) is 40.3 Å². The highest BCUT2D eigenvalue weighted by atomic mass is 32.3. The fourth-order valence-corrected chi connectivity index (χ4v) is 4.11. The molecule has 2 nitrogen and oxygen atoms in total. The second-order valence-electron chi connectivity index (χ2n) is 6.17. The van der Waals surface area contributed by atoms with Crippen LogP contribution in [-0.2, 0) is 4.18 Å². The molecule has 1 aromatic carbocycles. The molecule has 0 bridgehead atoms. The molecule has 0 radical (unpaired) electrons. The van der Waals surface area contributed by atoms with E-state index < -0.39 is 10.3 Å². The first kappa shape index (κ1) is 21.0. The Labute approximate surface area is 149 Å². The molecule has 0 saturated heterocycles. The van der Waals surface area contributed by atoms with Crippen LogP contribution in [0.15, 0.2) is 18.7 Å². The average molecular weight is 357 g/mol. The Bertz CT molecular complexity index is 526. The van der Waals surface area contributed by atoms with E-state index in [0.717, 1.165) is 35.5 Å². The molecule has 0 unspecified atom stereocenters. The van der Waals surface area contributed by atoms with E-state index in [2.05, 4.69) is 26.7 Å². The minimum Gasteiger partial charge on any atom is -0.487 e. The molecule has 0 spiro atoms. The van der Waals surface area contributed by atoms with Gasteiger partial charge in [0.1, 0.15) is 12.2 Å². The van der Waals surface area contributed by atoms with Gasteiger partial charge in [-0.25, -0.2) is 4.39 Å². The lowest BCUT2D eigenvalue weighted by Crippen LogP contribution is -2.27. The maximum atomic E-state index is 14.2. The molecule has 0 N–H and O–H groups in total. The number of rotatable bonds is 8. The van der Waals surface area contributed by atoms with Crippen LogP contribution >= 0.6 is 10.3 Å². The second kappa shape index (κ2) is 8.91. The highest BCUT2D eigenvalue weighted by molar-refractivity contribution is 8.29. The Kier molecular flexibility index (Phi) is 7.81. The lowest BCUT2D eigenvalue weighted by Gasteiger charge is -2.37. The largest absolute Gasteiger partial charge is 0.487 e. The van der Waals surface area contributed by atoms with E-state index >= 15 is 0 Å². The Hall–Kier alpha value is -1.00. The molecule has 4 heteroatoms. The molecule has 2 rings (SSSR count). The van der Waals surface area contributed by atoms with Crippen molar-refractivity contribution in [3.63, 3.8) is 0 Å². The molecule has 0 aliphatic heterocycles. The molecule has 1 fully saturated rings. The Morgan fingerprint density at radius 3 is 2.25 bits per heavy atom. The third kappa shape index (κ3) is 5.25. The zero-order chi connectivity index (χ0) is 18.4. The summed E-state index contributed by atoms with van der Waals surface area (Å²) in [5.41, 5.74) is 1.37. The van der Waals surface area contributed by atoms with E-state index in [9.17, 15) is 4.39 Å². The van der Waals surface area contributed by atoms with Crippen LogP contribution in [0.5, 0.6) is 5.75 Å². The number of benzene rings is 1. The first-order valence-corrected chi connectivity index (χ1v) is 11.2. The van der Waals surface area contributed by atoms with Gasteiger partial charge in [0.05, 0.1) is 0 Å². The van der Waals surface area contributed by atoms with E-state index in [1.807, 2.05) is 26.8 Å². The summed E-state index contributed by atoms with van der Waals surface area (Å²) >= 11 is 0. The van der Waals surface area contributed by atoms with Crippen molar-refractivity contribution >= 4 is 16.4 Å². The number of hydrogen-bond acceptors (Lipinski definition) is 2. The fraction of sp³-hybridized carbons (Fsp3) is 0.600. The van der Waals surface area contributed by atoms with Crippen molar-refractivity contribution in [2.45, 2.75) is 53.1 Å². The standard InChI is InChI=1S/C18H27FO2S.C2H6/c1-6-15-11-14(4)17(16(19)12-15)20-13-18(9-10-18)21-22(5,7-2)8-3;1-2/h6,11-12H,1,7-10,13H2,2-5H3;1-2H3. The smallest absolute Gasteiger partial charge is 0.165 e. The van der Waals surface area contributed by atoms with Gasteiger partial charge in [-0.3, -0.25) is 0 Å². The zero-order valence-corrected chi connectivity index (χ0v) is 16.9. The highest BCUT2D eigenvalue weighted by Crippen LogP contribution is 2.55. The van der Waals surface area contributed by atoms with Crippen LogP contribution in [0.2, 0.25) is 0 Å². The first-order chi connectivity index (χ1) is 11.4. The van der Waals surface area contributed by atoms with E-state index in [1.54, 1.807) is 6.08 Å². The van der Waals surface area contributed by atoms with Crippen molar-refractivity contribution < 1.29 is 13.3 Å². The van der Waals surface area contributed by atoms with Crippen LogP contribution in [-0.4, -0.2) is 30.0 Å². The van der Waals surface area contributed by atoms with Crippen molar-refractivity contribution in [3.8, 4) is 5.75 Å². The van der Waals surface area contributed by atoms with Crippen molar-refractivity contribution in [1.29, 1.82) is 0 Å². The molecule has 0 atom stereocenters. The van der Waals surface area contributed by atoms with E-state index in [-0.39, 0.29) is 11.4 Å². The van der Waals surface area contributed by atoms with E-state index in [1.165, 1.54) is 6.07 Å². The van der Waals surface area contributed by atoms with Crippen LogP contribution in [0.4, 0.5) is 4.39 Å². The van der Waals surface area contributed by atoms with Crippen LogP contribution in [0.25, 0.3) is 6.08 Å². The monoisotopic (exact) mass is 356 g/mol. The summed E-state index contributed by atoms with van der Waals surface area (Å²) in [5.74, 6) is 2.11. The van der Waals surface area contributed by atoms with Gasteiger partial charge in [-0.2, -0.15) is 0 Å². The Balaban J connectivity index is 0.00000139. The molecular formula is C20H33FO2S. The van der Waals surface area contributed by atoms with E-state index in [4.69, 9.17) is 8.92 Å². The Morgan fingerprint density at radius 1 is 1.25 bits per heavy atom. The van der Waals surface area contributed by atoms with Gasteiger partial charge in [-0.15, -0.1) is 10.3 Å². The molecule has 1 aliphatic rings. The molecule has 1 aliphatic carbocycles. The molecule has 1 saturated carbocycles. The molecule has 0 aromatic heterocycles. The fourth-order valence-electron chi connectivity index (χ4n) is 2.40. The maximum Gasteiger partial charge on any atom is 0.165 e. The van der Waals surface area contributed by atoms with Crippen LogP contribution in [0.3, 0.4) is 0 Å². The summed E-state index contributed by atoms with van der Waals surface area (Å²) in [6.07, 6.45) is 5.86. The molecule has 24 heavy (non-hydrogen) atoms. The SMILES string of the molecule is C=Cc1cc(C)c(OCC2(OS(C)(CC)CC)CC2)c(F)c1.CC. The predicted octanol–water partition coefficient (Wildman–Crippen LogP) is 6.12.